The molecule has 0 amide bonds. The van der Waals surface area contributed by atoms with E-state index in [-0.39, 0.29) is 5.78 Å². The average molecular weight is 193 g/mol. The molecule has 1 aromatic heterocycles. The van der Waals surface area contributed by atoms with Crippen LogP contribution >= 0.6 is 0 Å². The van der Waals surface area contributed by atoms with Gasteiger partial charge in [-0.1, -0.05) is 0 Å². The predicted octanol–water partition coefficient (Wildman–Crippen LogP) is 0.521. The van der Waals surface area contributed by atoms with Crippen molar-refractivity contribution in [3.63, 3.8) is 0 Å². The van der Waals surface area contributed by atoms with Crippen molar-refractivity contribution in [2.75, 3.05) is 13.1 Å². The molecule has 1 aromatic rings. The molecule has 0 unspecified atom stereocenters. The molecule has 2 heterocycles. The quantitative estimate of drug-likeness (QED) is 0.712. The first kappa shape index (κ1) is 9.40. The summed E-state index contributed by atoms with van der Waals surface area (Å²) in [5.74, 6) is 1.62. The fourth-order valence-corrected chi connectivity index (χ4v) is 1.62. The van der Waals surface area contributed by atoms with Gasteiger partial charge in [0, 0.05) is 13.5 Å². The molecule has 0 aromatic carbocycles. The minimum Gasteiger partial charge on any atom is -0.329 e. The van der Waals surface area contributed by atoms with E-state index < -0.39 is 0 Å². The Balaban J connectivity index is 2.06. The highest BCUT2D eigenvalue weighted by molar-refractivity contribution is 5.94. The van der Waals surface area contributed by atoms with Gasteiger partial charge in [-0.25, -0.2) is 4.98 Å². The van der Waals surface area contributed by atoms with Gasteiger partial charge in [-0.2, -0.15) is 0 Å². The number of Topliss-reactive ketones (excluding diaryl/α,β-unsaturated/α-hetero) is 1. The Morgan fingerprint density at radius 1 is 1.71 bits per heavy atom. The van der Waals surface area contributed by atoms with Gasteiger partial charge in [0.05, 0.1) is 6.20 Å². The van der Waals surface area contributed by atoms with Gasteiger partial charge >= 0.3 is 0 Å². The molecular formula is C10H15N3O. The van der Waals surface area contributed by atoms with E-state index in [9.17, 15) is 4.79 Å². The van der Waals surface area contributed by atoms with Crippen LogP contribution in [-0.2, 0) is 7.05 Å². The maximum absolute atomic E-state index is 11.8. The first-order chi connectivity index (χ1) is 6.68. The fourth-order valence-electron chi connectivity index (χ4n) is 1.62. The van der Waals surface area contributed by atoms with Crippen molar-refractivity contribution < 1.29 is 4.79 Å². The summed E-state index contributed by atoms with van der Waals surface area (Å²) >= 11 is 0. The Hall–Kier alpha value is -1.16. The summed E-state index contributed by atoms with van der Waals surface area (Å²) in [4.78, 5) is 15.9. The van der Waals surface area contributed by atoms with Crippen molar-refractivity contribution in [2.24, 2.45) is 13.0 Å². The van der Waals surface area contributed by atoms with Crippen molar-refractivity contribution >= 4 is 5.78 Å². The maximum Gasteiger partial charge on any atom is 0.181 e. The van der Waals surface area contributed by atoms with Crippen LogP contribution in [0.4, 0.5) is 0 Å². The Bertz CT molecular complexity index is 352. The normalized spacial score (nSPS) is 16.7. The molecule has 0 bridgehead atoms. The zero-order valence-corrected chi connectivity index (χ0v) is 8.58. The van der Waals surface area contributed by atoms with Crippen molar-refractivity contribution in [2.45, 2.75) is 13.3 Å². The molecule has 1 aliphatic heterocycles. The summed E-state index contributed by atoms with van der Waals surface area (Å²) in [6.45, 7) is 3.85. The molecule has 0 spiro atoms. The number of nitrogens with one attached hydrogen (secondary N) is 1. The summed E-state index contributed by atoms with van der Waals surface area (Å²) in [7, 11) is 1.88. The molecule has 76 valence electrons. The number of nitrogens with zero attached hydrogens (tertiary/aromatic N) is 2. The van der Waals surface area contributed by atoms with Gasteiger partial charge < -0.3 is 9.88 Å². The van der Waals surface area contributed by atoms with Gasteiger partial charge in [0.25, 0.3) is 0 Å². The second kappa shape index (κ2) is 3.53. The SMILES string of the molecule is Cc1ncc(C(=O)CC2CNC2)n1C. The van der Waals surface area contributed by atoms with Gasteiger partial charge in [-0.15, -0.1) is 0 Å². The number of rotatable bonds is 3. The molecule has 1 aliphatic rings. The highest BCUT2D eigenvalue weighted by Gasteiger charge is 2.22. The predicted molar refractivity (Wildman–Crippen MR) is 53.3 cm³/mol. The number of carbonyl (C=O) groups is 1. The third kappa shape index (κ3) is 1.57. The van der Waals surface area contributed by atoms with Crippen LogP contribution in [0.15, 0.2) is 6.20 Å². The second-order valence-corrected chi connectivity index (χ2v) is 3.90. The Morgan fingerprint density at radius 3 is 2.86 bits per heavy atom. The molecule has 0 saturated carbocycles. The zero-order chi connectivity index (χ0) is 10.1. The van der Waals surface area contributed by atoms with Crippen molar-refractivity contribution in [3.05, 3.63) is 17.7 Å². The van der Waals surface area contributed by atoms with E-state index in [2.05, 4.69) is 10.3 Å². The van der Waals surface area contributed by atoms with E-state index in [0.29, 0.717) is 12.3 Å². The Morgan fingerprint density at radius 2 is 2.43 bits per heavy atom. The number of hydrogen-bond donors (Lipinski definition) is 1. The van der Waals surface area contributed by atoms with Crippen LogP contribution in [0.5, 0.6) is 0 Å². The van der Waals surface area contributed by atoms with Crippen LogP contribution in [-0.4, -0.2) is 28.4 Å². The molecule has 2 rings (SSSR count). The lowest BCUT2D eigenvalue weighted by molar-refractivity contribution is 0.0937. The summed E-state index contributed by atoms with van der Waals surface area (Å²) < 4.78 is 1.86. The third-order valence-corrected chi connectivity index (χ3v) is 2.85. The van der Waals surface area contributed by atoms with Crippen LogP contribution in [0, 0.1) is 12.8 Å². The topological polar surface area (TPSA) is 46.9 Å². The van der Waals surface area contributed by atoms with E-state index in [0.717, 1.165) is 24.6 Å². The van der Waals surface area contributed by atoms with E-state index in [4.69, 9.17) is 0 Å². The Kier molecular flexibility index (Phi) is 2.37. The average Bonchev–Trinajstić information content (AvgIpc) is 2.41. The summed E-state index contributed by atoms with van der Waals surface area (Å²) in [6.07, 6.45) is 2.32. The van der Waals surface area contributed by atoms with Gasteiger partial charge in [-0.3, -0.25) is 4.79 Å². The van der Waals surface area contributed by atoms with E-state index in [1.165, 1.54) is 0 Å². The minimum absolute atomic E-state index is 0.208. The van der Waals surface area contributed by atoms with Gasteiger partial charge in [0.1, 0.15) is 11.5 Å². The van der Waals surface area contributed by atoms with Crippen molar-refractivity contribution in [3.8, 4) is 0 Å². The lowest BCUT2D eigenvalue weighted by atomic mass is 9.96. The van der Waals surface area contributed by atoms with Crippen LogP contribution in [0.3, 0.4) is 0 Å². The first-order valence-electron chi connectivity index (χ1n) is 4.90. The lowest BCUT2D eigenvalue weighted by Crippen LogP contribution is -2.43. The highest BCUT2D eigenvalue weighted by Crippen LogP contribution is 2.13. The largest absolute Gasteiger partial charge is 0.329 e. The third-order valence-electron chi connectivity index (χ3n) is 2.85. The number of hydrogen-bond acceptors (Lipinski definition) is 3. The molecular weight excluding hydrogens is 178 g/mol. The number of imidazole rings is 1. The van der Waals surface area contributed by atoms with Gasteiger partial charge in [0.2, 0.25) is 0 Å². The summed E-state index contributed by atoms with van der Waals surface area (Å²) in [6, 6.07) is 0. The van der Waals surface area contributed by atoms with E-state index in [1.54, 1.807) is 6.20 Å². The molecule has 0 aliphatic carbocycles. The lowest BCUT2D eigenvalue weighted by Gasteiger charge is -2.26. The molecule has 1 fully saturated rings. The van der Waals surface area contributed by atoms with E-state index in [1.807, 2.05) is 18.5 Å². The van der Waals surface area contributed by atoms with Crippen LogP contribution < -0.4 is 5.32 Å². The molecule has 1 N–H and O–H groups in total. The van der Waals surface area contributed by atoms with Gasteiger partial charge in [-0.05, 0) is 25.9 Å². The van der Waals surface area contributed by atoms with Crippen molar-refractivity contribution in [1.29, 1.82) is 0 Å². The van der Waals surface area contributed by atoms with E-state index >= 15 is 0 Å². The summed E-state index contributed by atoms with van der Waals surface area (Å²) in [5, 5.41) is 3.16. The second-order valence-electron chi connectivity index (χ2n) is 3.90. The van der Waals surface area contributed by atoms with Gasteiger partial charge in [0.15, 0.2) is 5.78 Å². The minimum atomic E-state index is 0.208. The molecule has 4 heteroatoms. The molecule has 14 heavy (non-hydrogen) atoms. The van der Waals surface area contributed by atoms with Crippen LogP contribution in [0.1, 0.15) is 22.7 Å². The zero-order valence-electron chi connectivity index (χ0n) is 8.58. The van der Waals surface area contributed by atoms with Crippen LogP contribution in [0.2, 0.25) is 0 Å². The molecule has 1 saturated heterocycles. The van der Waals surface area contributed by atoms with Crippen molar-refractivity contribution in [1.82, 2.24) is 14.9 Å². The fraction of sp³-hybridized carbons (Fsp3) is 0.600. The molecule has 0 atom stereocenters. The highest BCUT2D eigenvalue weighted by atomic mass is 16.1. The standard InChI is InChI=1S/C10H15N3O/c1-7-12-6-9(13(7)2)10(14)3-8-4-11-5-8/h6,8,11H,3-5H2,1-2H3. The number of aromatic nitrogens is 2. The van der Waals surface area contributed by atoms with Crippen LogP contribution in [0.25, 0.3) is 0 Å². The number of ketones is 1. The molecule has 0 radical (unpaired) electrons. The monoisotopic (exact) mass is 193 g/mol. The summed E-state index contributed by atoms with van der Waals surface area (Å²) in [5.41, 5.74) is 0.731. The molecule has 4 nitrogen and oxygen atoms in total. The number of carbonyl (C=O) groups excluding carboxylic acids is 1. The Labute approximate surface area is 83.3 Å². The maximum atomic E-state index is 11.8. The first-order valence-corrected chi connectivity index (χ1v) is 4.90. The smallest absolute Gasteiger partial charge is 0.181 e. The number of aryl methyl sites for hydroxylation is 1.